The standard InChI is InChI=1S/C15H12Cl2N2O3/c1-9(10-3-2-4-11(16)7-10)18-15(20)13-6-5-12(17)8-14(13)19(21)22/h2-9H,1H3,(H,18,20)/t9-/m1/s1. The van der Waals surface area contributed by atoms with Crippen molar-refractivity contribution >= 4 is 34.8 Å². The Labute approximate surface area is 137 Å². The van der Waals surface area contributed by atoms with Crippen LogP contribution in [-0.4, -0.2) is 10.8 Å². The monoisotopic (exact) mass is 338 g/mol. The van der Waals surface area contributed by atoms with E-state index in [4.69, 9.17) is 23.2 Å². The van der Waals surface area contributed by atoms with E-state index in [0.717, 1.165) is 11.6 Å². The Balaban J connectivity index is 2.24. The highest BCUT2D eigenvalue weighted by Crippen LogP contribution is 2.24. The summed E-state index contributed by atoms with van der Waals surface area (Å²) in [6.45, 7) is 1.77. The zero-order valence-corrected chi connectivity index (χ0v) is 13.1. The fourth-order valence-electron chi connectivity index (χ4n) is 1.98. The van der Waals surface area contributed by atoms with Crippen LogP contribution in [0, 0.1) is 10.1 Å². The number of hydrogen-bond acceptors (Lipinski definition) is 3. The number of nitro groups is 1. The molecule has 2 aromatic carbocycles. The van der Waals surface area contributed by atoms with Gasteiger partial charge >= 0.3 is 0 Å². The third-order valence-corrected chi connectivity index (χ3v) is 3.57. The first-order valence-electron chi connectivity index (χ1n) is 6.38. The first-order chi connectivity index (χ1) is 10.4. The Morgan fingerprint density at radius 3 is 2.50 bits per heavy atom. The van der Waals surface area contributed by atoms with Crippen LogP contribution in [0.4, 0.5) is 5.69 Å². The first-order valence-corrected chi connectivity index (χ1v) is 7.14. The molecule has 2 aromatic rings. The van der Waals surface area contributed by atoms with Crippen molar-refractivity contribution in [2.24, 2.45) is 0 Å². The normalized spacial score (nSPS) is 11.8. The molecule has 22 heavy (non-hydrogen) atoms. The molecule has 0 bridgehead atoms. The van der Waals surface area contributed by atoms with Crippen LogP contribution in [0.5, 0.6) is 0 Å². The number of nitrogens with zero attached hydrogens (tertiary/aromatic N) is 1. The minimum absolute atomic E-state index is 0.0386. The quantitative estimate of drug-likeness (QED) is 0.663. The summed E-state index contributed by atoms with van der Waals surface area (Å²) < 4.78 is 0. The number of carbonyl (C=O) groups excluding carboxylic acids is 1. The lowest BCUT2D eigenvalue weighted by Crippen LogP contribution is -2.27. The van der Waals surface area contributed by atoms with Crippen molar-refractivity contribution in [3.8, 4) is 0 Å². The number of benzene rings is 2. The van der Waals surface area contributed by atoms with Crippen molar-refractivity contribution in [2.75, 3.05) is 0 Å². The van der Waals surface area contributed by atoms with E-state index < -0.39 is 10.8 Å². The maximum Gasteiger partial charge on any atom is 0.283 e. The largest absolute Gasteiger partial charge is 0.345 e. The van der Waals surface area contributed by atoms with E-state index in [0.29, 0.717) is 5.02 Å². The number of nitro benzene ring substituents is 1. The molecular weight excluding hydrogens is 327 g/mol. The maximum atomic E-state index is 12.3. The van der Waals surface area contributed by atoms with Crippen LogP contribution < -0.4 is 5.32 Å². The molecule has 114 valence electrons. The van der Waals surface area contributed by atoms with Crippen molar-refractivity contribution in [1.82, 2.24) is 5.32 Å². The molecule has 0 radical (unpaired) electrons. The number of rotatable bonds is 4. The lowest BCUT2D eigenvalue weighted by atomic mass is 10.1. The van der Waals surface area contributed by atoms with Crippen LogP contribution >= 0.6 is 23.2 Å². The molecule has 0 fully saturated rings. The minimum atomic E-state index is -0.634. The van der Waals surface area contributed by atoms with Gasteiger partial charge in [0.2, 0.25) is 0 Å². The molecule has 2 rings (SSSR count). The molecule has 1 N–H and O–H groups in total. The molecule has 0 spiro atoms. The van der Waals surface area contributed by atoms with Crippen molar-refractivity contribution < 1.29 is 9.72 Å². The second-order valence-electron chi connectivity index (χ2n) is 4.67. The zero-order chi connectivity index (χ0) is 16.3. The van der Waals surface area contributed by atoms with Crippen LogP contribution in [-0.2, 0) is 0 Å². The topological polar surface area (TPSA) is 72.2 Å². The van der Waals surface area contributed by atoms with Gasteiger partial charge in [0, 0.05) is 16.1 Å². The van der Waals surface area contributed by atoms with Gasteiger partial charge in [-0.05, 0) is 36.8 Å². The summed E-state index contributed by atoms with van der Waals surface area (Å²) in [6, 6.07) is 10.6. The summed E-state index contributed by atoms with van der Waals surface area (Å²) >= 11 is 11.6. The summed E-state index contributed by atoms with van der Waals surface area (Å²) in [7, 11) is 0. The third kappa shape index (κ3) is 3.75. The predicted octanol–water partition coefficient (Wildman–Crippen LogP) is 4.39. The van der Waals surface area contributed by atoms with E-state index in [-0.39, 0.29) is 22.3 Å². The van der Waals surface area contributed by atoms with Gasteiger partial charge in [-0.2, -0.15) is 0 Å². The third-order valence-electron chi connectivity index (χ3n) is 3.10. The second-order valence-corrected chi connectivity index (χ2v) is 5.54. The molecule has 0 saturated heterocycles. The number of carbonyl (C=O) groups is 1. The van der Waals surface area contributed by atoms with Crippen LogP contribution in [0.25, 0.3) is 0 Å². The van der Waals surface area contributed by atoms with E-state index in [1.807, 2.05) is 6.07 Å². The van der Waals surface area contributed by atoms with Gasteiger partial charge in [0.15, 0.2) is 0 Å². The van der Waals surface area contributed by atoms with Gasteiger partial charge in [0.25, 0.3) is 11.6 Å². The van der Waals surface area contributed by atoms with Gasteiger partial charge in [-0.15, -0.1) is 0 Å². The van der Waals surface area contributed by atoms with E-state index >= 15 is 0 Å². The lowest BCUT2D eigenvalue weighted by Gasteiger charge is -2.14. The number of halogens is 2. The Hall–Kier alpha value is -2.11. The Kier molecular flexibility index (Phi) is 5.00. The van der Waals surface area contributed by atoms with Crippen LogP contribution in [0.1, 0.15) is 28.9 Å². The summed E-state index contributed by atoms with van der Waals surface area (Å²) in [5.41, 5.74) is 0.434. The molecule has 0 aromatic heterocycles. The van der Waals surface area contributed by atoms with Crippen LogP contribution in [0.3, 0.4) is 0 Å². The Morgan fingerprint density at radius 2 is 1.86 bits per heavy atom. The second kappa shape index (κ2) is 6.77. The predicted molar refractivity (Wildman–Crippen MR) is 85.4 cm³/mol. The Bertz CT molecular complexity index is 734. The number of hydrogen-bond donors (Lipinski definition) is 1. The molecule has 0 unspecified atom stereocenters. The molecule has 0 aliphatic rings. The molecule has 1 atom stereocenters. The molecule has 5 nitrogen and oxygen atoms in total. The SMILES string of the molecule is C[C@@H](NC(=O)c1ccc(Cl)cc1[N+](=O)[O-])c1cccc(Cl)c1. The van der Waals surface area contributed by atoms with Crippen molar-refractivity contribution in [2.45, 2.75) is 13.0 Å². The first kappa shape index (κ1) is 16.3. The van der Waals surface area contributed by atoms with Crippen molar-refractivity contribution in [1.29, 1.82) is 0 Å². The van der Waals surface area contributed by atoms with Gasteiger partial charge in [-0.25, -0.2) is 0 Å². The molecule has 0 saturated carbocycles. The molecule has 0 aliphatic heterocycles. The van der Waals surface area contributed by atoms with Crippen molar-refractivity contribution in [3.63, 3.8) is 0 Å². The average molecular weight is 339 g/mol. The highest BCUT2D eigenvalue weighted by molar-refractivity contribution is 6.31. The van der Waals surface area contributed by atoms with Gasteiger partial charge < -0.3 is 5.32 Å². The highest BCUT2D eigenvalue weighted by atomic mass is 35.5. The summed E-state index contributed by atoms with van der Waals surface area (Å²) in [4.78, 5) is 22.7. The van der Waals surface area contributed by atoms with E-state index in [2.05, 4.69) is 5.32 Å². The summed E-state index contributed by atoms with van der Waals surface area (Å²) in [5, 5.41) is 14.5. The lowest BCUT2D eigenvalue weighted by molar-refractivity contribution is -0.385. The molecule has 0 heterocycles. The van der Waals surface area contributed by atoms with E-state index in [1.54, 1.807) is 25.1 Å². The number of amides is 1. The summed E-state index contributed by atoms with van der Waals surface area (Å²) in [6.07, 6.45) is 0. The van der Waals surface area contributed by atoms with Gasteiger partial charge in [0.05, 0.1) is 11.0 Å². The van der Waals surface area contributed by atoms with E-state index in [1.165, 1.54) is 12.1 Å². The van der Waals surface area contributed by atoms with Gasteiger partial charge in [-0.1, -0.05) is 35.3 Å². The van der Waals surface area contributed by atoms with Crippen molar-refractivity contribution in [3.05, 3.63) is 73.8 Å². The zero-order valence-electron chi connectivity index (χ0n) is 11.5. The van der Waals surface area contributed by atoms with Gasteiger partial charge in [0.1, 0.15) is 5.56 Å². The molecule has 1 amide bonds. The smallest absolute Gasteiger partial charge is 0.283 e. The van der Waals surface area contributed by atoms with E-state index in [9.17, 15) is 14.9 Å². The maximum absolute atomic E-state index is 12.3. The summed E-state index contributed by atoms with van der Waals surface area (Å²) in [5.74, 6) is -0.546. The molecular formula is C15H12Cl2N2O3. The Morgan fingerprint density at radius 1 is 1.18 bits per heavy atom. The van der Waals surface area contributed by atoms with Crippen LogP contribution in [0.15, 0.2) is 42.5 Å². The van der Waals surface area contributed by atoms with Crippen LogP contribution in [0.2, 0.25) is 10.0 Å². The molecule has 0 aliphatic carbocycles. The molecule has 7 heteroatoms. The minimum Gasteiger partial charge on any atom is -0.345 e. The van der Waals surface area contributed by atoms with Gasteiger partial charge in [-0.3, -0.25) is 14.9 Å². The number of nitrogens with one attached hydrogen (secondary N) is 1. The highest BCUT2D eigenvalue weighted by Gasteiger charge is 2.22. The fourth-order valence-corrected chi connectivity index (χ4v) is 2.35. The average Bonchev–Trinajstić information content (AvgIpc) is 2.46. The fraction of sp³-hybridized carbons (Fsp3) is 0.133.